The Labute approximate surface area is 121 Å². The second kappa shape index (κ2) is 5.01. The fraction of sp³-hybridized carbons (Fsp3) is 0.125. The van der Waals surface area contributed by atoms with Crippen molar-refractivity contribution in [2.75, 3.05) is 16.8 Å². The minimum absolute atomic E-state index is 0.0282. The number of nitrogens with zero attached hydrogens (tertiary/aromatic N) is 1. The molecule has 2 amide bonds. The van der Waals surface area contributed by atoms with Gasteiger partial charge >= 0.3 is 0 Å². The molecule has 1 aliphatic rings. The highest BCUT2D eigenvalue weighted by molar-refractivity contribution is 6.15. The van der Waals surface area contributed by atoms with Gasteiger partial charge in [0.25, 0.3) is 5.91 Å². The zero-order valence-electron chi connectivity index (χ0n) is 11.4. The summed E-state index contributed by atoms with van der Waals surface area (Å²) in [4.78, 5) is 25.6. The molecule has 0 unspecified atom stereocenters. The van der Waals surface area contributed by atoms with Crippen LogP contribution in [0.4, 0.5) is 15.8 Å². The molecule has 0 fully saturated rings. The number of nitrogens with one attached hydrogen (secondary N) is 1. The lowest BCUT2D eigenvalue weighted by Gasteiger charge is -2.29. The lowest BCUT2D eigenvalue weighted by molar-refractivity contribution is -0.115. The van der Waals surface area contributed by atoms with E-state index in [1.165, 1.54) is 17.0 Å². The molecule has 5 heteroatoms. The van der Waals surface area contributed by atoms with Gasteiger partial charge in [-0.3, -0.25) is 14.5 Å². The van der Waals surface area contributed by atoms with Crippen molar-refractivity contribution in [1.82, 2.24) is 0 Å². The van der Waals surface area contributed by atoms with Crippen molar-refractivity contribution in [3.63, 3.8) is 0 Å². The summed E-state index contributed by atoms with van der Waals surface area (Å²) in [5.74, 6) is -1.40. The Hall–Kier alpha value is -2.69. The van der Waals surface area contributed by atoms with Crippen LogP contribution in [0.3, 0.4) is 0 Å². The molecule has 0 atom stereocenters. The summed E-state index contributed by atoms with van der Waals surface area (Å²) in [5, 5.41) is 2.70. The predicted molar refractivity (Wildman–Crippen MR) is 77.9 cm³/mol. The van der Waals surface area contributed by atoms with Crippen LogP contribution in [-0.4, -0.2) is 18.4 Å². The highest BCUT2D eigenvalue weighted by atomic mass is 19.1. The van der Waals surface area contributed by atoms with Crippen LogP contribution in [-0.2, 0) is 4.79 Å². The fourth-order valence-corrected chi connectivity index (χ4v) is 2.36. The van der Waals surface area contributed by atoms with Crippen LogP contribution in [0.1, 0.15) is 15.9 Å². The van der Waals surface area contributed by atoms with E-state index in [1.807, 2.05) is 0 Å². The van der Waals surface area contributed by atoms with Gasteiger partial charge in [0.2, 0.25) is 5.91 Å². The Morgan fingerprint density at radius 1 is 1.24 bits per heavy atom. The van der Waals surface area contributed by atoms with Gasteiger partial charge in [-0.1, -0.05) is 23.8 Å². The van der Waals surface area contributed by atoms with E-state index in [0.29, 0.717) is 11.4 Å². The number of amides is 2. The van der Waals surface area contributed by atoms with Crippen LogP contribution >= 0.6 is 0 Å². The zero-order valence-corrected chi connectivity index (χ0v) is 11.4. The van der Waals surface area contributed by atoms with Crippen molar-refractivity contribution in [2.24, 2.45) is 0 Å². The molecule has 1 heterocycles. The van der Waals surface area contributed by atoms with E-state index in [1.54, 1.807) is 37.3 Å². The van der Waals surface area contributed by atoms with Crippen molar-refractivity contribution in [3.8, 4) is 0 Å². The number of aryl methyl sites for hydroxylation is 1. The first kappa shape index (κ1) is 13.3. The van der Waals surface area contributed by atoms with Crippen LogP contribution < -0.4 is 10.2 Å². The van der Waals surface area contributed by atoms with Gasteiger partial charge in [-0.25, -0.2) is 4.39 Å². The molecule has 0 saturated carbocycles. The monoisotopic (exact) mass is 284 g/mol. The second-order valence-corrected chi connectivity index (χ2v) is 4.94. The number of anilines is 2. The number of rotatable bonds is 1. The Morgan fingerprint density at radius 2 is 2.00 bits per heavy atom. The largest absolute Gasteiger partial charge is 0.323 e. The lowest BCUT2D eigenvalue weighted by atomic mass is 10.1. The van der Waals surface area contributed by atoms with E-state index < -0.39 is 11.7 Å². The summed E-state index contributed by atoms with van der Waals surface area (Å²) in [5.41, 5.74) is 1.88. The van der Waals surface area contributed by atoms with Crippen molar-refractivity contribution in [3.05, 3.63) is 59.4 Å². The van der Waals surface area contributed by atoms with E-state index in [4.69, 9.17) is 0 Å². The molecule has 0 spiro atoms. The summed E-state index contributed by atoms with van der Waals surface area (Å²) >= 11 is 0. The topological polar surface area (TPSA) is 49.4 Å². The van der Waals surface area contributed by atoms with Crippen molar-refractivity contribution in [1.29, 1.82) is 0 Å². The molecule has 0 aliphatic carbocycles. The lowest BCUT2D eigenvalue weighted by Crippen LogP contribution is -2.42. The van der Waals surface area contributed by atoms with Crippen LogP contribution in [0.5, 0.6) is 0 Å². The number of para-hydroxylation sites is 2. The van der Waals surface area contributed by atoms with E-state index in [0.717, 1.165) is 5.56 Å². The number of fused-ring (bicyclic) bond motifs is 1. The number of carbonyl (C=O) groups is 2. The first-order valence-corrected chi connectivity index (χ1v) is 6.53. The molecule has 1 N–H and O–H groups in total. The molecule has 0 aromatic heterocycles. The molecule has 1 aliphatic heterocycles. The first-order valence-electron chi connectivity index (χ1n) is 6.53. The van der Waals surface area contributed by atoms with Crippen LogP contribution in [0, 0.1) is 12.7 Å². The molecule has 106 valence electrons. The molecule has 0 saturated heterocycles. The van der Waals surface area contributed by atoms with Gasteiger partial charge in [0.15, 0.2) is 0 Å². The molecule has 21 heavy (non-hydrogen) atoms. The van der Waals surface area contributed by atoms with Gasteiger partial charge in [-0.05, 0) is 31.2 Å². The van der Waals surface area contributed by atoms with Crippen molar-refractivity contribution < 1.29 is 14.0 Å². The third-order valence-corrected chi connectivity index (χ3v) is 3.37. The second-order valence-electron chi connectivity index (χ2n) is 4.94. The molecular formula is C16H13FN2O2. The molecule has 0 radical (unpaired) electrons. The Balaban J connectivity index is 2.06. The average molecular weight is 284 g/mol. The van der Waals surface area contributed by atoms with E-state index in [9.17, 15) is 14.0 Å². The van der Waals surface area contributed by atoms with E-state index >= 15 is 0 Å². The van der Waals surface area contributed by atoms with Crippen molar-refractivity contribution in [2.45, 2.75) is 6.92 Å². The Morgan fingerprint density at radius 3 is 2.81 bits per heavy atom. The summed E-state index contributed by atoms with van der Waals surface area (Å²) in [6.07, 6.45) is 0. The van der Waals surface area contributed by atoms with Crippen LogP contribution in [0.25, 0.3) is 0 Å². The highest BCUT2D eigenvalue weighted by Crippen LogP contribution is 2.30. The summed E-state index contributed by atoms with van der Waals surface area (Å²) in [6.45, 7) is 1.66. The minimum atomic E-state index is -0.589. The minimum Gasteiger partial charge on any atom is -0.323 e. The highest BCUT2D eigenvalue weighted by Gasteiger charge is 2.28. The molecule has 2 aromatic rings. The maximum Gasteiger partial charge on any atom is 0.261 e. The molecular weight excluding hydrogens is 271 g/mol. The Kier molecular flexibility index (Phi) is 3.17. The SMILES string of the molecule is Cc1ccc(F)c(C(=O)N2CC(=O)Nc3ccccc32)c1. The summed E-state index contributed by atoms with van der Waals surface area (Å²) < 4.78 is 13.9. The number of hydrogen-bond donors (Lipinski definition) is 1. The molecule has 3 rings (SSSR count). The first-order chi connectivity index (χ1) is 10.1. The summed E-state index contributed by atoms with van der Waals surface area (Å²) in [7, 11) is 0. The quantitative estimate of drug-likeness (QED) is 0.875. The standard InChI is InChI=1S/C16H13FN2O2/c1-10-6-7-12(17)11(8-10)16(21)19-9-15(20)18-13-4-2-3-5-14(13)19/h2-8H,9H2,1H3,(H,18,20). The van der Waals surface area contributed by atoms with Gasteiger partial charge in [0.05, 0.1) is 16.9 Å². The molecule has 2 aromatic carbocycles. The molecule has 0 bridgehead atoms. The van der Waals surface area contributed by atoms with Gasteiger partial charge < -0.3 is 5.32 Å². The Bertz CT molecular complexity index is 743. The third kappa shape index (κ3) is 2.38. The van der Waals surface area contributed by atoms with Gasteiger partial charge in [-0.15, -0.1) is 0 Å². The predicted octanol–water partition coefficient (Wildman–Crippen LogP) is 2.73. The van der Waals surface area contributed by atoms with Gasteiger partial charge in [0, 0.05) is 0 Å². The van der Waals surface area contributed by atoms with Crippen molar-refractivity contribution >= 4 is 23.2 Å². The maximum absolute atomic E-state index is 13.9. The normalized spacial score (nSPS) is 13.6. The number of halogens is 1. The van der Waals surface area contributed by atoms with E-state index in [2.05, 4.69) is 5.32 Å². The van der Waals surface area contributed by atoms with Crippen LogP contribution in [0.15, 0.2) is 42.5 Å². The molecule has 4 nitrogen and oxygen atoms in total. The van der Waals surface area contributed by atoms with Gasteiger partial charge in [0.1, 0.15) is 12.4 Å². The zero-order chi connectivity index (χ0) is 15.0. The maximum atomic E-state index is 13.9. The number of benzene rings is 2. The smallest absolute Gasteiger partial charge is 0.261 e. The number of carbonyl (C=O) groups excluding carboxylic acids is 2. The fourth-order valence-electron chi connectivity index (χ4n) is 2.36. The number of hydrogen-bond acceptors (Lipinski definition) is 2. The third-order valence-electron chi connectivity index (χ3n) is 3.37. The van der Waals surface area contributed by atoms with Gasteiger partial charge in [-0.2, -0.15) is 0 Å². The average Bonchev–Trinajstić information content (AvgIpc) is 2.48. The summed E-state index contributed by atoms with van der Waals surface area (Å²) in [6, 6.07) is 11.3. The van der Waals surface area contributed by atoms with E-state index in [-0.39, 0.29) is 18.0 Å². The van der Waals surface area contributed by atoms with Crippen LogP contribution in [0.2, 0.25) is 0 Å².